The summed E-state index contributed by atoms with van der Waals surface area (Å²) in [4.78, 5) is 19.1. The monoisotopic (exact) mass is 378 g/mol. The molecule has 0 radical (unpaired) electrons. The van der Waals surface area contributed by atoms with E-state index < -0.39 is 0 Å². The van der Waals surface area contributed by atoms with Crippen LogP contribution in [-0.4, -0.2) is 39.9 Å². The fraction of sp³-hybridized carbons (Fsp3) is 0.364. The van der Waals surface area contributed by atoms with E-state index in [0.717, 1.165) is 42.8 Å². The van der Waals surface area contributed by atoms with Crippen molar-refractivity contribution in [2.75, 3.05) is 25.4 Å². The van der Waals surface area contributed by atoms with Gasteiger partial charge in [0.1, 0.15) is 0 Å². The molecule has 146 valence electrons. The zero-order valence-corrected chi connectivity index (χ0v) is 16.2. The maximum atomic E-state index is 12.4. The van der Waals surface area contributed by atoms with Crippen molar-refractivity contribution in [3.8, 4) is 17.0 Å². The van der Waals surface area contributed by atoms with Crippen LogP contribution in [0.25, 0.3) is 16.9 Å². The van der Waals surface area contributed by atoms with Crippen LogP contribution in [0, 0.1) is 5.92 Å². The standard InChI is InChI=1S/C22H26N4O2/c1-16-7-11-25(12-8-16)21(27)9-13-28-20-6-3-10-26-15-19(24-22(20)26)17-4-2-5-18(23)14-17/h2-6,10,14-16H,7-9,11-13,23H2,1H3. The first kappa shape index (κ1) is 18.3. The normalized spacial score (nSPS) is 15.1. The minimum Gasteiger partial charge on any atom is -0.489 e. The quantitative estimate of drug-likeness (QED) is 0.689. The lowest BCUT2D eigenvalue weighted by Gasteiger charge is -2.30. The average molecular weight is 378 g/mol. The number of fused-ring (bicyclic) bond motifs is 1. The Balaban J connectivity index is 1.43. The molecule has 0 bridgehead atoms. The molecule has 2 aromatic heterocycles. The number of piperidine rings is 1. The Bertz CT molecular complexity index is 974. The molecule has 1 saturated heterocycles. The van der Waals surface area contributed by atoms with Crippen LogP contribution >= 0.6 is 0 Å². The number of hydrogen-bond acceptors (Lipinski definition) is 4. The number of rotatable bonds is 5. The number of aromatic nitrogens is 2. The molecule has 4 rings (SSSR count). The number of ether oxygens (including phenoxy) is 1. The number of anilines is 1. The number of benzene rings is 1. The van der Waals surface area contributed by atoms with Gasteiger partial charge >= 0.3 is 0 Å². The Morgan fingerprint density at radius 3 is 2.86 bits per heavy atom. The number of likely N-dealkylation sites (tertiary alicyclic amines) is 1. The van der Waals surface area contributed by atoms with Gasteiger partial charge in [0.15, 0.2) is 11.4 Å². The average Bonchev–Trinajstić information content (AvgIpc) is 3.14. The molecule has 3 heterocycles. The van der Waals surface area contributed by atoms with Crippen LogP contribution < -0.4 is 10.5 Å². The number of nitrogen functional groups attached to an aromatic ring is 1. The smallest absolute Gasteiger partial charge is 0.225 e. The second-order valence-corrected chi connectivity index (χ2v) is 7.52. The van der Waals surface area contributed by atoms with E-state index in [2.05, 4.69) is 6.92 Å². The highest BCUT2D eigenvalue weighted by Gasteiger charge is 2.20. The van der Waals surface area contributed by atoms with Gasteiger partial charge in [-0.1, -0.05) is 19.1 Å². The molecule has 1 fully saturated rings. The van der Waals surface area contributed by atoms with Gasteiger partial charge in [-0.15, -0.1) is 0 Å². The van der Waals surface area contributed by atoms with Crippen LogP contribution in [-0.2, 0) is 4.79 Å². The summed E-state index contributed by atoms with van der Waals surface area (Å²) in [5.74, 6) is 1.56. The fourth-order valence-electron chi connectivity index (χ4n) is 3.60. The zero-order valence-electron chi connectivity index (χ0n) is 16.2. The first-order chi connectivity index (χ1) is 13.6. The van der Waals surface area contributed by atoms with Crippen LogP contribution in [0.15, 0.2) is 48.8 Å². The summed E-state index contributed by atoms with van der Waals surface area (Å²) >= 11 is 0. The molecule has 0 saturated carbocycles. The van der Waals surface area contributed by atoms with Crippen LogP contribution in [0.5, 0.6) is 5.75 Å². The molecule has 28 heavy (non-hydrogen) atoms. The zero-order chi connectivity index (χ0) is 19.5. The number of carbonyl (C=O) groups excluding carboxylic acids is 1. The topological polar surface area (TPSA) is 72.9 Å². The Morgan fingerprint density at radius 2 is 2.07 bits per heavy atom. The van der Waals surface area contributed by atoms with Crippen molar-refractivity contribution < 1.29 is 9.53 Å². The van der Waals surface area contributed by atoms with Crippen LogP contribution in [0.3, 0.4) is 0 Å². The number of imidazole rings is 1. The second-order valence-electron chi connectivity index (χ2n) is 7.52. The molecule has 0 unspecified atom stereocenters. The molecule has 1 aliphatic rings. The predicted octanol–water partition coefficient (Wildman–Crippen LogP) is 3.61. The van der Waals surface area contributed by atoms with Gasteiger partial charge in [-0.05, 0) is 43.0 Å². The molecule has 2 N–H and O–H groups in total. The third kappa shape index (κ3) is 3.96. The van der Waals surface area contributed by atoms with Crippen molar-refractivity contribution in [3.63, 3.8) is 0 Å². The highest BCUT2D eigenvalue weighted by molar-refractivity contribution is 5.76. The number of pyridine rings is 1. The lowest BCUT2D eigenvalue weighted by atomic mass is 9.99. The SMILES string of the molecule is CC1CCN(C(=O)CCOc2cccn3cc(-c4cccc(N)c4)nc23)CC1. The van der Waals surface area contributed by atoms with Gasteiger partial charge in [-0.25, -0.2) is 4.98 Å². The van der Waals surface area contributed by atoms with Crippen LogP contribution in [0.4, 0.5) is 5.69 Å². The minimum atomic E-state index is 0.169. The largest absolute Gasteiger partial charge is 0.489 e. The van der Waals surface area contributed by atoms with Crippen molar-refractivity contribution >= 4 is 17.2 Å². The van der Waals surface area contributed by atoms with E-state index in [4.69, 9.17) is 15.5 Å². The lowest BCUT2D eigenvalue weighted by molar-refractivity contribution is -0.133. The third-order valence-corrected chi connectivity index (χ3v) is 5.34. The number of hydrogen-bond donors (Lipinski definition) is 1. The van der Waals surface area contributed by atoms with Gasteiger partial charge in [0.2, 0.25) is 5.91 Å². The maximum Gasteiger partial charge on any atom is 0.225 e. The van der Waals surface area contributed by atoms with Gasteiger partial charge in [-0.3, -0.25) is 4.79 Å². The molecule has 3 aromatic rings. The first-order valence-corrected chi connectivity index (χ1v) is 9.84. The van der Waals surface area contributed by atoms with E-state index in [1.54, 1.807) is 0 Å². The van der Waals surface area contributed by atoms with E-state index in [0.29, 0.717) is 30.4 Å². The summed E-state index contributed by atoms with van der Waals surface area (Å²) in [6.07, 6.45) is 6.46. The summed E-state index contributed by atoms with van der Waals surface area (Å²) in [5.41, 5.74) is 9.13. The van der Waals surface area contributed by atoms with Crippen molar-refractivity contribution in [3.05, 3.63) is 48.8 Å². The molecule has 0 aliphatic carbocycles. The Labute approximate surface area is 164 Å². The summed E-state index contributed by atoms with van der Waals surface area (Å²) < 4.78 is 7.85. The van der Waals surface area contributed by atoms with Crippen molar-refractivity contribution in [2.45, 2.75) is 26.2 Å². The molecule has 1 aromatic carbocycles. The number of nitrogens with zero attached hydrogens (tertiary/aromatic N) is 3. The van der Waals surface area contributed by atoms with Crippen molar-refractivity contribution in [1.82, 2.24) is 14.3 Å². The summed E-state index contributed by atoms with van der Waals surface area (Å²) in [7, 11) is 0. The fourth-order valence-corrected chi connectivity index (χ4v) is 3.60. The molecule has 0 spiro atoms. The van der Waals surface area contributed by atoms with Gasteiger partial charge in [0.05, 0.1) is 18.7 Å². The van der Waals surface area contributed by atoms with E-state index in [1.165, 1.54) is 0 Å². The molecule has 6 nitrogen and oxygen atoms in total. The first-order valence-electron chi connectivity index (χ1n) is 9.84. The van der Waals surface area contributed by atoms with E-state index >= 15 is 0 Å². The Kier molecular flexibility index (Phi) is 5.19. The highest BCUT2D eigenvalue weighted by Crippen LogP contribution is 2.25. The molecule has 6 heteroatoms. The lowest BCUT2D eigenvalue weighted by Crippen LogP contribution is -2.38. The second kappa shape index (κ2) is 7.92. The van der Waals surface area contributed by atoms with E-state index in [9.17, 15) is 4.79 Å². The molecule has 1 amide bonds. The molecular formula is C22H26N4O2. The van der Waals surface area contributed by atoms with Gasteiger partial charge in [0.25, 0.3) is 0 Å². The van der Waals surface area contributed by atoms with Gasteiger partial charge in [0, 0.05) is 36.7 Å². The molecular weight excluding hydrogens is 352 g/mol. The maximum absolute atomic E-state index is 12.4. The Hall–Kier alpha value is -3.02. The summed E-state index contributed by atoms with van der Waals surface area (Å²) in [5, 5.41) is 0. The van der Waals surface area contributed by atoms with Crippen molar-refractivity contribution in [2.24, 2.45) is 5.92 Å². The van der Waals surface area contributed by atoms with Crippen LogP contribution in [0.1, 0.15) is 26.2 Å². The van der Waals surface area contributed by atoms with Crippen molar-refractivity contribution in [1.29, 1.82) is 0 Å². The molecule has 1 aliphatic heterocycles. The molecule has 0 atom stereocenters. The van der Waals surface area contributed by atoms with E-state index in [-0.39, 0.29) is 5.91 Å². The van der Waals surface area contributed by atoms with Crippen LogP contribution in [0.2, 0.25) is 0 Å². The highest BCUT2D eigenvalue weighted by atomic mass is 16.5. The number of amides is 1. The summed E-state index contributed by atoms with van der Waals surface area (Å²) in [6.45, 7) is 4.32. The van der Waals surface area contributed by atoms with Gasteiger partial charge < -0.3 is 19.8 Å². The number of carbonyl (C=O) groups is 1. The third-order valence-electron chi connectivity index (χ3n) is 5.34. The predicted molar refractivity (Wildman–Crippen MR) is 110 cm³/mol. The number of nitrogens with two attached hydrogens (primary N) is 1. The minimum absolute atomic E-state index is 0.169. The summed E-state index contributed by atoms with van der Waals surface area (Å²) in [6, 6.07) is 11.5. The van der Waals surface area contributed by atoms with Gasteiger partial charge in [-0.2, -0.15) is 0 Å². The Morgan fingerprint density at radius 1 is 1.25 bits per heavy atom. The van der Waals surface area contributed by atoms with E-state index in [1.807, 2.05) is 58.1 Å².